The van der Waals surface area contributed by atoms with E-state index >= 15 is 0 Å². The van der Waals surface area contributed by atoms with E-state index in [9.17, 15) is 0 Å². The van der Waals surface area contributed by atoms with Gasteiger partial charge in [-0.15, -0.1) is 35.3 Å². The number of ether oxygens (including phenoxy) is 2. The fraction of sp³-hybridized carbons (Fsp3) is 0.500. The van der Waals surface area contributed by atoms with Crippen molar-refractivity contribution in [3.8, 4) is 11.5 Å². The molecule has 0 saturated carbocycles. The number of aromatic nitrogens is 1. The van der Waals surface area contributed by atoms with E-state index in [1.165, 1.54) is 0 Å². The Bertz CT molecular complexity index is 802. The third-order valence-corrected chi connectivity index (χ3v) is 5.06. The first-order chi connectivity index (χ1) is 13.0. The van der Waals surface area contributed by atoms with E-state index < -0.39 is 0 Å². The van der Waals surface area contributed by atoms with E-state index in [0.29, 0.717) is 13.3 Å². The zero-order valence-electron chi connectivity index (χ0n) is 16.9. The van der Waals surface area contributed by atoms with Gasteiger partial charge in [0.15, 0.2) is 17.5 Å². The van der Waals surface area contributed by atoms with Gasteiger partial charge in [0.25, 0.3) is 0 Å². The molecule has 0 aliphatic carbocycles. The Morgan fingerprint density at radius 2 is 2.00 bits per heavy atom. The number of hydrogen-bond acceptors (Lipinski definition) is 5. The number of benzene rings is 1. The molecule has 0 unspecified atom stereocenters. The number of hydrogen-bond donors (Lipinski definition) is 2. The van der Waals surface area contributed by atoms with E-state index in [0.717, 1.165) is 53.2 Å². The molecular weight excluding hydrogens is 487 g/mol. The molecule has 1 aliphatic heterocycles. The molecule has 1 aromatic heterocycles. The van der Waals surface area contributed by atoms with Crippen molar-refractivity contribution < 1.29 is 9.47 Å². The minimum atomic E-state index is 0. The molecule has 2 heterocycles. The maximum atomic E-state index is 5.43. The Hall–Kier alpha value is -1.55. The highest BCUT2D eigenvalue weighted by atomic mass is 127. The summed E-state index contributed by atoms with van der Waals surface area (Å²) in [6, 6.07) is 5.94. The minimum absolute atomic E-state index is 0. The van der Waals surface area contributed by atoms with Crippen LogP contribution in [0.4, 0.5) is 0 Å². The van der Waals surface area contributed by atoms with Gasteiger partial charge in [-0.25, -0.2) is 9.98 Å². The van der Waals surface area contributed by atoms with Crippen LogP contribution in [0.1, 0.15) is 44.0 Å². The molecule has 0 saturated heterocycles. The normalized spacial score (nSPS) is 13.2. The number of nitrogens with one attached hydrogen (secondary N) is 2. The zero-order valence-corrected chi connectivity index (χ0v) is 20.0. The second-order valence-electron chi connectivity index (χ2n) is 7.44. The first kappa shape index (κ1) is 22.7. The maximum absolute atomic E-state index is 5.43. The number of guanidine groups is 1. The number of halogens is 1. The van der Waals surface area contributed by atoms with Crippen molar-refractivity contribution >= 4 is 41.3 Å². The van der Waals surface area contributed by atoms with Crippen LogP contribution in [0.3, 0.4) is 0 Å². The van der Waals surface area contributed by atoms with Crippen molar-refractivity contribution in [3.05, 3.63) is 39.8 Å². The molecule has 0 radical (unpaired) electrons. The summed E-state index contributed by atoms with van der Waals surface area (Å²) < 4.78 is 10.8. The summed E-state index contributed by atoms with van der Waals surface area (Å²) in [6.07, 6.45) is 0.884. The Balaban J connectivity index is 0.00000280. The molecule has 0 spiro atoms. The summed E-state index contributed by atoms with van der Waals surface area (Å²) in [5.74, 6) is 2.40. The van der Waals surface area contributed by atoms with Crippen molar-refractivity contribution in [1.82, 2.24) is 15.6 Å². The van der Waals surface area contributed by atoms with Crippen molar-refractivity contribution in [2.45, 2.75) is 46.1 Å². The van der Waals surface area contributed by atoms with Gasteiger partial charge >= 0.3 is 0 Å². The van der Waals surface area contributed by atoms with Crippen LogP contribution in [-0.4, -0.2) is 30.8 Å². The van der Waals surface area contributed by atoms with E-state index in [4.69, 9.17) is 14.5 Å². The first-order valence-corrected chi connectivity index (χ1v) is 10.2. The number of thiazole rings is 1. The average molecular weight is 516 g/mol. The molecule has 0 amide bonds. The smallest absolute Gasteiger partial charge is 0.231 e. The molecule has 1 aromatic carbocycles. The van der Waals surface area contributed by atoms with Gasteiger partial charge in [-0.1, -0.05) is 26.8 Å². The Morgan fingerprint density at radius 3 is 2.71 bits per heavy atom. The highest BCUT2D eigenvalue weighted by Crippen LogP contribution is 2.32. The quantitative estimate of drug-likeness (QED) is 0.344. The summed E-state index contributed by atoms with van der Waals surface area (Å²) in [5.41, 5.74) is 2.35. The molecule has 28 heavy (non-hydrogen) atoms. The summed E-state index contributed by atoms with van der Waals surface area (Å²) in [5, 5.41) is 9.99. The zero-order chi connectivity index (χ0) is 19.3. The average Bonchev–Trinajstić information content (AvgIpc) is 3.28. The SMILES string of the molecule is CCNC(=NCc1ccc2c(c1)OCO2)NCCc1nc(C(C)(C)C)cs1.I. The lowest BCUT2D eigenvalue weighted by Crippen LogP contribution is -2.38. The summed E-state index contributed by atoms with van der Waals surface area (Å²) in [7, 11) is 0. The summed E-state index contributed by atoms with van der Waals surface area (Å²) >= 11 is 1.73. The first-order valence-electron chi connectivity index (χ1n) is 9.31. The predicted octanol–water partition coefficient (Wildman–Crippen LogP) is 4.09. The Labute approximate surface area is 188 Å². The number of rotatable bonds is 6. The molecule has 0 bridgehead atoms. The molecule has 0 fully saturated rings. The predicted molar refractivity (Wildman–Crippen MR) is 125 cm³/mol. The Morgan fingerprint density at radius 1 is 1.21 bits per heavy atom. The Kier molecular flexibility index (Phi) is 8.36. The lowest BCUT2D eigenvalue weighted by Gasteiger charge is -2.14. The van der Waals surface area contributed by atoms with Crippen molar-refractivity contribution in [3.63, 3.8) is 0 Å². The molecule has 0 atom stereocenters. The molecule has 8 heteroatoms. The molecule has 2 N–H and O–H groups in total. The largest absolute Gasteiger partial charge is 0.454 e. The van der Waals surface area contributed by atoms with Gasteiger partial charge in [0.2, 0.25) is 6.79 Å². The van der Waals surface area contributed by atoms with Gasteiger partial charge in [-0.2, -0.15) is 0 Å². The molecule has 154 valence electrons. The third kappa shape index (κ3) is 6.23. The van der Waals surface area contributed by atoms with Gasteiger partial charge in [-0.05, 0) is 24.6 Å². The van der Waals surface area contributed by atoms with Gasteiger partial charge in [-0.3, -0.25) is 0 Å². The second-order valence-corrected chi connectivity index (χ2v) is 8.38. The van der Waals surface area contributed by atoms with Crippen LogP contribution < -0.4 is 20.1 Å². The summed E-state index contributed by atoms with van der Waals surface area (Å²) in [6.45, 7) is 11.1. The van der Waals surface area contributed by atoms with Crippen molar-refractivity contribution in [1.29, 1.82) is 0 Å². The number of fused-ring (bicyclic) bond motifs is 1. The van der Waals surface area contributed by atoms with Gasteiger partial charge in [0.05, 0.1) is 17.2 Å². The van der Waals surface area contributed by atoms with Gasteiger partial charge in [0.1, 0.15) is 0 Å². The second kappa shape index (κ2) is 10.3. The third-order valence-electron chi connectivity index (χ3n) is 4.15. The van der Waals surface area contributed by atoms with Crippen LogP contribution in [0.15, 0.2) is 28.6 Å². The van der Waals surface area contributed by atoms with Crippen LogP contribution >= 0.6 is 35.3 Å². The van der Waals surface area contributed by atoms with Crippen LogP contribution in [0.5, 0.6) is 11.5 Å². The van der Waals surface area contributed by atoms with E-state index in [1.54, 1.807) is 11.3 Å². The monoisotopic (exact) mass is 516 g/mol. The standard InChI is InChI=1S/C20H28N4O2S.HI/c1-5-21-19(22-9-8-18-24-17(12-27-18)20(2,3)4)23-11-14-6-7-15-16(10-14)26-13-25-15;/h6-7,10,12H,5,8-9,11,13H2,1-4H3,(H2,21,22,23);1H. The van der Waals surface area contributed by atoms with Crippen LogP contribution in [0.2, 0.25) is 0 Å². The highest BCUT2D eigenvalue weighted by Gasteiger charge is 2.17. The lowest BCUT2D eigenvalue weighted by molar-refractivity contribution is 0.174. The van der Waals surface area contributed by atoms with Crippen LogP contribution in [-0.2, 0) is 18.4 Å². The van der Waals surface area contributed by atoms with Gasteiger partial charge < -0.3 is 20.1 Å². The summed E-state index contributed by atoms with van der Waals surface area (Å²) in [4.78, 5) is 9.41. The molecule has 2 aromatic rings. The fourth-order valence-electron chi connectivity index (χ4n) is 2.61. The molecule has 3 rings (SSSR count). The van der Waals surface area contributed by atoms with E-state index in [1.807, 2.05) is 18.2 Å². The van der Waals surface area contributed by atoms with E-state index in [-0.39, 0.29) is 29.4 Å². The molecule has 6 nitrogen and oxygen atoms in total. The molecule has 1 aliphatic rings. The van der Waals surface area contributed by atoms with Crippen LogP contribution in [0.25, 0.3) is 0 Å². The highest BCUT2D eigenvalue weighted by molar-refractivity contribution is 14.0. The number of nitrogens with zero attached hydrogens (tertiary/aromatic N) is 2. The van der Waals surface area contributed by atoms with Crippen molar-refractivity contribution in [2.24, 2.45) is 4.99 Å². The maximum Gasteiger partial charge on any atom is 0.231 e. The fourth-order valence-corrected chi connectivity index (χ4v) is 3.63. The van der Waals surface area contributed by atoms with E-state index in [2.05, 4.69) is 48.7 Å². The topological polar surface area (TPSA) is 67.8 Å². The number of aliphatic imine (C=N–C) groups is 1. The van der Waals surface area contributed by atoms with Crippen molar-refractivity contribution in [2.75, 3.05) is 19.9 Å². The minimum Gasteiger partial charge on any atom is -0.454 e. The van der Waals surface area contributed by atoms with Gasteiger partial charge in [0, 0.05) is 30.3 Å². The lowest BCUT2D eigenvalue weighted by atomic mass is 9.93. The van der Waals surface area contributed by atoms with Crippen LogP contribution in [0, 0.1) is 0 Å². The molecular formula is C20H29IN4O2S.